The van der Waals surface area contributed by atoms with Gasteiger partial charge in [-0.3, -0.25) is 4.21 Å². The molecule has 1 aliphatic rings. The van der Waals surface area contributed by atoms with Gasteiger partial charge in [-0.15, -0.1) is 0 Å². The number of nitrogens with zero attached hydrogens (tertiary/aromatic N) is 2. The largest absolute Gasteiger partial charge is 0.409 e. The molecule has 0 aliphatic carbocycles. The Morgan fingerprint density at radius 3 is 2.48 bits per heavy atom. The summed E-state index contributed by atoms with van der Waals surface area (Å²) < 4.78 is 11.5. The van der Waals surface area contributed by atoms with E-state index in [-0.39, 0.29) is 5.84 Å². The Labute approximate surface area is 125 Å². The quantitative estimate of drug-likeness (QED) is 0.381. The molecule has 21 heavy (non-hydrogen) atoms. The van der Waals surface area contributed by atoms with Crippen molar-refractivity contribution in [2.75, 3.05) is 29.5 Å². The van der Waals surface area contributed by atoms with Gasteiger partial charge in [0.2, 0.25) is 0 Å². The predicted octanol–water partition coefficient (Wildman–Crippen LogP) is 1.50. The van der Waals surface area contributed by atoms with E-state index in [0.717, 1.165) is 35.1 Å². The van der Waals surface area contributed by atoms with Crippen molar-refractivity contribution in [3.8, 4) is 0 Å². The minimum atomic E-state index is -0.695. The standard InChI is InChI=1S/C15H17N3O2S/c16-15(17-19)13-5-6-14(12-4-2-1-3-11(12)13)18-7-9-21(20)10-8-18/h1-6,19H,7-10H2,(H2,16,17). The molecule has 1 fully saturated rings. The van der Waals surface area contributed by atoms with E-state index in [1.54, 1.807) is 0 Å². The zero-order valence-electron chi connectivity index (χ0n) is 11.5. The smallest absolute Gasteiger partial charge is 0.170 e. The Hall–Kier alpha value is -2.08. The summed E-state index contributed by atoms with van der Waals surface area (Å²) in [6.45, 7) is 1.58. The van der Waals surface area contributed by atoms with E-state index in [9.17, 15) is 4.21 Å². The Bertz CT molecular complexity index is 720. The first-order valence-corrected chi connectivity index (χ1v) is 8.29. The highest BCUT2D eigenvalue weighted by Gasteiger charge is 2.18. The number of fused-ring (bicyclic) bond motifs is 1. The molecule has 2 aromatic rings. The predicted molar refractivity (Wildman–Crippen MR) is 86.5 cm³/mol. The van der Waals surface area contributed by atoms with Crippen LogP contribution in [0.5, 0.6) is 0 Å². The zero-order chi connectivity index (χ0) is 14.8. The Balaban J connectivity index is 2.11. The molecule has 0 atom stereocenters. The maximum atomic E-state index is 11.5. The summed E-state index contributed by atoms with van der Waals surface area (Å²) in [7, 11) is -0.695. The van der Waals surface area contributed by atoms with Crippen LogP contribution in [0.25, 0.3) is 10.8 Å². The Morgan fingerprint density at radius 2 is 1.81 bits per heavy atom. The molecule has 3 N–H and O–H groups in total. The van der Waals surface area contributed by atoms with E-state index in [0.29, 0.717) is 11.5 Å². The highest BCUT2D eigenvalue weighted by Crippen LogP contribution is 2.30. The average Bonchev–Trinajstić information content (AvgIpc) is 2.54. The fourth-order valence-electron chi connectivity index (χ4n) is 2.71. The first kappa shape index (κ1) is 13.9. The number of amidine groups is 1. The van der Waals surface area contributed by atoms with E-state index in [1.807, 2.05) is 36.4 Å². The molecule has 3 rings (SSSR count). The number of oxime groups is 1. The lowest BCUT2D eigenvalue weighted by atomic mass is 10.0. The van der Waals surface area contributed by atoms with Gasteiger partial charge in [-0.25, -0.2) is 0 Å². The van der Waals surface area contributed by atoms with Gasteiger partial charge in [-0.2, -0.15) is 0 Å². The van der Waals surface area contributed by atoms with Crippen LogP contribution in [0.2, 0.25) is 0 Å². The summed E-state index contributed by atoms with van der Waals surface area (Å²) in [5, 5.41) is 14.0. The molecule has 0 saturated carbocycles. The summed E-state index contributed by atoms with van der Waals surface area (Å²) >= 11 is 0. The second kappa shape index (κ2) is 5.73. The lowest BCUT2D eigenvalue weighted by Gasteiger charge is -2.29. The van der Waals surface area contributed by atoms with Crippen molar-refractivity contribution < 1.29 is 9.42 Å². The van der Waals surface area contributed by atoms with Crippen LogP contribution in [0.4, 0.5) is 5.69 Å². The molecule has 0 aromatic heterocycles. The van der Waals surface area contributed by atoms with Crippen LogP contribution >= 0.6 is 0 Å². The van der Waals surface area contributed by atoms with Crippen molar-refractivity contribution in [1.29, 1.82) is 0 Å². The maximum Gasteiger partial charge on any atom is 0.170 e. The van der Waals surface area contributed by atoms with Gasteiger partial charge in [-0.1, -0.05) is 29.4 Å². The van der Waals surface area contributed by atoms with Gasteiger partial charge < -0.3 is 15.8 Å². The third-order valence-corrected chi connectivity index (χ3v) is 5.08. The topological polar surface area (TPSA) is 78.9 Å². The fourth-order valence-corrected chi connectivity index (χ4v) is 3.77. The third-order valence-electron chi connectivity index (χ3n) is 3.80. The van der Waals surface area contributed by atoms with E-state index in [4.69, 9.17) is 10.9 Å². The van der Waals surface area contributed by atoms with Crippen molar-refractivity contribution in [3.05, 3.63) is 42.0 Å². The van der Waals surface area contributed by atoms with Crippen molar-refractivity contribution in [3.63, 3.8) is 0 Å². The molecule has 0 bridgehead atoms. The van der Waals surface area contributed by atoms with Crippen LogP contribution in [-0.2, 0) is 10.8 Å². The first-order valence-electron chi connectivity index (χ1n) is 6.80. The lowest BCUT2D eigenvalue weighted by Crippen LogP contribution is -2.37. The SMILES string of the molecule is N/C(=N/O)c1ccc(N2CCS(=O)CC2)c2ccccc12. The van der Waals surface area contributed by atoms with E-state index in [1.165, 1.54) is 0 Å². The summed E-state index contributed by atoms with van der Waals surface area (Å²) in [5.74, 6) is 1.52. The van der Waals surface area contributed by atoms with Crippen molar-refractivity contribution in [2.24, 2.45) is 10.9 Å². The van der Waals surface area contributed by atoms with Gasteiger partial charge in [0.25, 0.3) is 0 Å². The van der Waals surface area contributed by atoms with Crippen LogP contribution < -0.4 is 10.6 Å². The highest BCUT2D eigenvalue weighted by atomic mass is 32.2. The normalized spacial score (nSPS) is 17.3. The van der Waals surface area contributed by atoms with Crippen LogP contribution in [0.3, 0.4) is 0 Å². The first-order chi connectivity index (χ1) is 10.2. The van der Waals surface area contributed by atoms with Gasteiger partial charge in [0.05, 0.1) is 0 Å². The molecule has 2 aromatic carbocycles. The molecule has 110 valence electrons. The summed E-state index contributed by atoms with van der Waals surface area (Å²) in [6, 6.07) is 11.8. The zero-order valence-corrected chi connectivity index (χ0v) is 12.3. The minimum Gasteiger partial charge on any atom is -0.409 e. The Kier molecular flexibility index (Phi) is 3.79. The maximum absolute atomic E-state index is 11.5. The van der Waals surface area contributed by atoms with Crippen molar-refractivity contribution in [1.82, 2.24) is 0 Å². The third kappa shape index (κ3) is 2.58. The van der Waals surface area contributed by atoms with Crippen LogP contribution in [0.1, 0.15) is 5.56 Å². The van der Waals surface area contributed by atoms with Crippen LogP contribution in [0, 0.1) is 0 Å². The van der Waals surface area contributed by atoms with Crippen LogP contribution in [0.15, 0.2) is 41.6 Å². The second-order valence-corrected chi connectivity index (χ2v) is 6.69. The molecule has 1 heterocycles. The summed E-state index contributed by atoms with van der Waals surface area (Å²) in [4.78, 5) is 2.25. The molecule has 0 amide bonds. The number of hydrogen-bond acceptors (Lipinski definition) is 4. The molecule has 5 nitrogen and oxygen atoms in total. The monoisotopic (exact) mass is 303 g/mol. The molecular formula is C15H17N3O2S. The second-order valence-electron chi connectivity index (χ2n) is 5.00. The van der Waals surface area contributed by atoms with E-state index >= 15 is 0 Å². The molecule has 0 spiro atoms. The molecule has 1 aliphatic heterocycles. The highest BCUT2D eigenvalue weighted by molar-refractivity contribution is 7.85. The number of nitrogens with two attached hydrogens (primary N) is 1. The van der Waals surface area contributed by atoms with Crippen molar-refractivity contribution in [2.45, 2.75) is 0 Å². The van der Waals surface area contributed by atoms with E-state index < -0.39 is 10.8 Å². The van der Waals surface area contributed by atoms with Crippen LogP contribution in [-0.4, -0.2) is 39.8 Å². The molecule has 6 heteroatoms. The van der Waals surface area contributed by atoms with Gasteiger partial charge in [-0.05, 0) is 17.5 Å². The molecular weight excluding hydrogens is 286 g/mol. The number of hydrogen-bond donors (Lipinski definition) is 2. The average molecular weight is 303 g/mol. The summed E-state index contributed by atoms with van der Waals surface area (Å²) in [5.41, 5.74) is 7.58. The summed E-state index contributed by atoms with van der Waals surface area (Å²) in [6.07, 6.45) is 0. The van der Waals surface area contributed by atoms with Gasteiger partial charge in [0, 0.05) is 52.0 Å². The van der Waals surface area contributed by atoms with Gasteiger partial charge in [0.15, 0.2) is 5.84 Å². The van der Waals surface area contributed by atoms with Gasteiger partial charge in [0.1, 0.15) is 0 Å². The van der Waals surface area contributed by atoms with E-state index in [2.05, 4.69) is 10.1 Å². The lowest BCUT2D eigenvalue weighted by molar-refractivity contribution is 0.318. The molecule has 0 radical (unpaired) electrons. The van der Waals surface area contributed by atoms with Gasteiger partial charge >= 0.3 is 0 Å². The Morgan fingerprint density at radius 1 is 1.14 bits per heavy atom. The van der Waals surface area contributed by atoms with Crippen molar-refractivity contribution >= 4 is 33.1 Å². The molecule has 0 unspecified atom stereocenters. The molecule has 1 saturated heterocycles. The number of anilines is 1. The minimum absolute atomic E-state index is 0.109. The number of benzene rings is 2. The number of rotatable bonds is 2. The fraction of sp³-hybridized carbons (Fsp3) is 0.267.